The predicted molar refractivity (Wildman–Crippen MR) is 100 cm³/mol. The lowest BCUT2D eigenvalue weighted by Crippen LogP contribution is -2.21. The van der Waals surface area contributed by atoms with Gasteiger partial charge in [-0.1, -0.05) is 37.3 Å². The monoisotopic (exact) mass is 357 g/mol. The third-order valence-corrected chi connectivity index (χ3v) is 5.77. The molecule has 25 heavy (non-hydrogen) atoms. The number of fused-ring (bicyclic) bond motifs is 1. The highest BCUT2D eigenvalue weighted by Crippen LogP contribution is 2.40. The van der Waals surface area contributed by atoms with E-state index in [1.807, 2.05) is 37.3 Å². The van der Waals surface area contributed by atoms with Gasteiger partial charge in [0.25, 0.3) is 0 Å². The quantitative estimate of drug-likeness (QED) is 0.772. The van der Waals surface area contributed by atoms with Gasteiger partial charge in [0.1, 0.15) is 5.00 Å². The van der Waals surface area contributed by atoms with Crippen molar-refractivity contribution in [1.82, 2.24) is 0 Å². The molecule has 0 saturated heterocycles. The van der Waals surface area contributed by atoms with Crippen LogP contribution in [0.3, 0.4) is 0 Å². The molecule has 1 unspecified atom stereocenters. The summed E-state index contributed by atoms with van der Waals surface area (Å²) in [6.07, 6.45) is 3.61. The molecule has 1 atom stereocenters. The smallest absolute Gasteiger partial charge is 0.341 e. The Hall–Kier alpha value is -2.14. The summed E-state index contributed by atoms with van der Waals surface area (Å²) in [6.45, 7) is 4.13. The van der Waals surface area contributed by atoms with Gasteiger partial charge >= 0.3 is 5.97 Å². The largest absolute Gasteiger partial charge is 0.462 e. The van der Waals surface area contributed by atoms with E-state index in [1.165, 1.54) is 16.2 Å². The lowest BCUT2D eigenvalue weighted by Gasteiger charge is -2.15. The molecule has 1 aliphatic carbocycles. The van der Waals surface area contributed by atoms with Gasteiger partial charge in [0.05, 0.1) is 18.1 Å². The average Bonchev–Trinajstić information content (AvgIpc) is 3.17. The van der Waals surface area contributed by atoms with Gasteiger partial charge in [0.15, 0.2) is 0 Å². The zero-order valence-corrected chi connectivity index (χ0v) is 15.4. The van der Waals surface area contributed by atoms with Crippen LogP contribution in [0.4, 0.5) is 5.00 Å². The molecule has 1 amide bonds. The van der Waals surface area contributed by atoms with Crippen LogP contribution < -0.4 is 5.32 Å². The van der Waals surface area contributed by atoms with E-state index in [2.05, 4.69) is 5.32 Å². The van der Waals surface area contributed by atoms with Crippen LogP contribution >= 0.6 is 11.3 Å². The Morgan fingerprint density at radius 1 is 1.20 bits per heavy atom. The molecule has 132 valence electrons. The van der Waals surface area contributed by atoms with Crippen molar-refractivity contribution in [2.24, 2.45) is 0 Å². The van der Waals surface area contributed by atoms with Gasteiger partial charge in [-0.05, 0) is 43.7 Å². The molecule has 1 aromatic heterocycles. The van der Waals surface area contributed by atoms with Gasteiger partial charge < -0.3 is 10.1 Å². The standard InChI is InChI=1S/C20H23NO3S/c1-3-14(13-9-6-5-7-10-13)18(22)21-19-17(20(23)24-4-2)15-11-8-12-16(15)25-19/h5-7,9-10,14H,3-4,8,11-12H2,1-2H3,(H,21,22). The minimum Gasteiger partial charge on any atom is -0.462 e. The van der Waals surface area contributed by atoms with E-state index in [-0.39, 0.29) is 17.8 Å². The SMILES string of the molecule is CCOC(=O)c1c(NC(=O)C(CC)c2ccccc2)sc2c1CCC2. The number of hydrogen-bond donors (Lipinski definition) is 1. The van der Waals surface area contributed by atoms with Crippen molar-refractivity contribution in [1.29, 1.82) is 0 Å². The van der Waals surface area contributed by atoms with Crippen LogP contribution in [0, 0.1) is 0 Å². The molecule has 0 saturated carbocycles. The molecular formula is C20H23NO3S. The number of hydrogen-bond acceptors (Lipinski definition) is 4. The van der Waals surface area contributed by atoms with Crippen LogP contribution in [0.2, 0.25) is 0 Å². The summed E-state index contributed by atoms with van der Waals surface area (Å²) >= 11 is 1.52. The molecule has 1 aliphatic rings. The van der Waals surface area contributed by atoms with Crippen LogP contribution in [0.25, 0.3) is 0 Å². The van der Waals surface area contributed by atoms with E-state index < -0.39 is 0 Å². The van der Waals surface area contributed by atoms with Crippen molar-refractivity contribution in [2.75, 3.05) is 11.9 Å². The summed E-state index contributed by atoms with van der Waals surface area (Å²) in [4.78, 5) is 26.5. The molecule has 0 bridgehead atoms. The van der Waals surface area contributed by atoms with Gasteiger partial charge in [-0.15, -0.1) is 11.3 Å². The summed E-state index contributed by atoms with van der Waals surface area (Å²) < 4.78 is 5.22. The molecule has 1 heterocycles. The maximum Gasteiger partial charge on any atom is 0.341 e. The number of nitrogens with one attached hydrogen (secondary N) is 1. The number of rotatable bonds is 6. The van der Waals surface area contributed by atoms with Crippen LogP contribution in [0.5, 0.6) is 0 Å². The van der Waals surface area contributed by atoms with E-state index in [0.29, 0.717) is 23.6 Å². The zero-order valence-electron chi connectivity index (χ0n) is 14.6. The number of thiophene rings is 1. The highest BCUT2D eigenvalue weighted by molar-refractivity contribution is 7.17. The van der Waals surface area contributed by atoms with Crippen LogP contribution in [-0.2, 0) is 22.4 Å². The lowest BCUT2D eigenvalue weighted by atomic mass is 9.95. The van der Waals surface area contributed by atoms with Crippen molar-refractivity contribution in [3.63, 3.8) is 0 Å². The van der Waals surface area contributed by atoms with Gasteiger partial charge in [-0.2, -0.15) is 0 Å². The summed E-state index contributed by atoms with van der Waals surface area (Å²) in [6, 6.07) is 9.75. The topological polar surface area (TPSA) is 55.4 Å². The zero-order chi connectivity index (χ0) is 17.8. The van der Waals surface area contributed by atoms with E-state index in [4.69, 9.17) is 4.74 Å². The Bertz CT molecular complexity index is 767. The summed E-state index contributed by atoms with van der Waals surface area (Å²) in [5.41, 5.74) is 2.62. The number of anilines is 1. The molecule has 0 spiro atoms. The number of amides is 1. The minimum atomic E-state index is -0.329. The molecule has 2 aromatic rings. The second kappa shape index (κ2) is 7.83. The fourth-order valence-corrected chi connectivity index (χ4v) is 4.65. The van der Waals surface area contributed by atoms with Gasteiger partial charge in [0, 0.05) is 4.88 Å². The summed E-state index contributed by atoms with van der Waals surface area (Å²) in [5.74, 6) is -0.627. The number of esters is 1. The maximum atomic E-state index is 12.8. The van der Waals surface area contributed by atoms with E-state index in [9.17, 15) is 9.59 Å². The molecule has 3 rings (SSSR count). The molecule has 0 fully saturated rings. The number of benzene rings is 1. The third kappa shape index (κ3) is 3.61. The Balaban J connectivity index is 1.87. The first kappa shape index (κ1) is 17.7. The van der Waals surface area contributed by atoms with Crippen LogP contribution in [0.1, 0.15) is 59.0 Å². The lowest BCUT2D eigenvalue weighted by molar-refractivity contribution is -0.117. The molecule has 0 aliphatic heterocycles. The summed E-state index contributed by atoms with van der Waals surface area (Å²) in [7, 11) is 0. The third-order valence-electron chi connectivity index (χ3n) is 4.56. The predicted octanol–water partition coefficient (Wildman–Crippen LogP) is 4.55. The number of carbonyl (C=O) groups excluding carboxylic acids is 2. The Labute approximate surface area is 152 Å². The molecule has 1 N–H and O–H groups in total. The highest BCUT2D eigenvalue weighted by atomic mass is 32.1. The van der Waals surface area contributed by atoms with Gasteiger partial charge in [0.2, 0.25) is 5.91 Å². The van der Waals surface area contributed by atoms with Crippen molar-refractivity contribution in [2.45, 2.75) is 45.4 Å². The first-order chi connectivity index (χ1) is 12.2. The van der Waals surface area contributed by atoms with Crippen LogP contribution in [-0.4, -0.2) is 18.5 Å². The number of carbonyl (C=O) groups is 2. The van der Waals surface area contributed by atoms with Crippen molar-refractivity contribution in [3.05, 3.63) is 51.9 Å². The van der Waals surface area contributed by atoms with E-state index in [1.54, 1.807) is 6.92 Å². The first-order valence-corrected chi connectivity index (χ1v) is 9.64. The number of aryl methyl sites for hydroxylation is 1. The Kier molecular flexibility index (Phi) is 5.53. The Morgan fingerprint density at radius 2 is 1.96 bits per heavy atom. The number of ether oxygens (including phenoxy) is 1. The second-order valence-electron chi connectivity index (χ2n) is 6.14. The molecule has 4 nitrogen and oxygen atoms in total. The van der Waals surface area contributed by atoms with Crippen molar-refractivity contribution in [3.8, 4) is 0 Å². The summed E-state index contributed by atoms with van der Waals surface area (Å²) in [5, 5.41) is 3.65. The second-order valence-corrected chi connectivity index (χ2v) is 7.25. The normalized spacial score (nSPS) is 14.0. The maximum absolute atomic E-state index is 12.8. The first-order valence-electron chi connectivity index (χ1n) is 8.83. The van der Waals surface area contributed by atoms with E-state index in [0.717, 1.165) is 30.4 Å². The molecule has 0 radical (unpaired) electrons. The van der Waals surface area contributed by atoms with E-state index >= 15 is 0 Å². The van der Waals surface area contributed by atoms with Gasteiger partial charge in [-0.25, -0.2) is 4.79 Å². The average molecular weight is 357 g/mol. The molecular weight excluding hydrogens is 334 g/mol. The fourth-order valence-electron chi connectivity index (χ4n) is 3.37. The van der Waals surface area contributed by atoms with Crippen molar-refractivity contribution < 1.29 is 14.3 Å². The van der Waals surface area contributed by atoms with Crippen molar-refractivity contribution >= 4 is 28.2 Å². The fraction of sp³-hybridized carbons (Fsp3) is 0.400. The Morgan fingerprint density at radius 3 is 2.64 bits per heavy atom. The van der Waals surface area contributed by atoms with Crippen LogP contribution in [0.15, 0.2) is 30.3 Å². The molecule has 5 heteroatoms. The minimum absolute atomic E-state index is 0.0702. The molecule has 1 aromatic carbocycles. The highest BCUT2D eigenvalue weighted by Gasteiger charge is 2.29. The van der Waals surface area contributed by atoms with Gasteiger partial charge in [-0.3, -0.25) is 4.79 Å².